The summed E-state index contributed by atoms with van der Waals surface area (Å²) >= 11 is 1.57. The lowest BCUT2D eigenvalue weighted by molar-refractivity contribution is -0.131. The summed E-state index contributed by atoms with van der Waals surface area (Å²) in [6, 6.07) is 7.75. The maximum absolute atomic E-state index is 12.3. The van der Waals surface area contributed by atoms with Crippen LogP contribution in [0.25, 0.3) is 0 Å². The molecule has 1 unspecified atom stereocenters. The van der Waals surface area contributed by atoms with E-state index < -0.39 is 0 Å². The molecule has 1 aliphatic rings. The van der Waals surface area contributed by atoms with Crippen molar-refractivity contribution >= 4 is 17.7 Å². The van der Waals surface area contributed by atoms with Crippen molar-refractivity contribution in [3.8, 4) is 0 Å². The molecule has 1 heterocycles. The lowest BCUT2D eigenvalue weighted by atomic mass is 10.1. The van der Waals surface area contributed by atoms with Gasteiger partial charge in [0.1, 0.15) is 0 Å². The lowest BCUT2D eigenvalue weighted by Crippen LogP contribution is -2.40. The van der Waals surface area contributed by atoms with E-state index in [0.29, 0.717) is 0 Å². The Morgan fingerprint density at radius 1 is 1.37 bits per heavy atom. The Labute approximate surface area is 119 Å². The molecule has 0 aromatic heterocycles. The summed E-state index contributed by atoms with van der Waals surface area (Å²) in [4.78, 5) is 15.3. The van der Waals surface area contributed by atoms with Crippen molar-refractivity contribution in [3.63, 3.8) is 0 Å². The van der Waals surface area contributed by atoms with Crippen LogP contribution < -0.4 is 0 Å². The summed E-state index contributed by atoms with van der Waals surface area (Å²) in [5, 5.41) is 9.06. The summed E-state index contributed by atoms with van der Waals surface area (Å²) in [6.45, 7) is 3.82. The van der Waals surface area contributed by atoms with Gasteiger partial charge in [0, 0.05) is 18.0 Å². The molecule has 3 nitrogen and oxygen atoms in total. The highest BCUT2D eigenvalue weighted by Crippen LogP contribution is 2.26. The van der Waals surface area contributed by atoms with Gasteiger partial charge >= 0.3 is 0 Å². The van der Waals surface area contributed by atoms with E-state index in [1.807, 2.05) is 36.1 Å². The maximum Gasteiger partial charge on any atom is 0.235 e. The number of rotatable bonds is 4. The number of carbonyl (C=O) groups excluding carboxylic acids is 1. The summed E-state index contributed by atoms with van der Waals surface area (Å²) < 4.78 is 0. The van der Waals surface area contributed by atoms with Crippen LogP contribution >= 0.6 is 11.8 Å². The van der Waals surface area contributed by atoms with E-state index in [1.165, 1.54) is 6.42 Å². The molecule has 1 atom stereocenters. The maximum atomic E-state index is 12.3. The molecule has 0 saturated carbocycles. The first-order valence-electron chi connectivity index (χ1n) is 6.86. The second-order valence-electron chi connectivity index (χ2n) is 4.95. The first kappa shape index (κ1) is 14.4. The highest BCUT2D eigenvalue weighted by Gasteiger charge is 2.22. The Bertz CT molecular complexity index is 430. The third kappa shape index (κ3) is 3.98. The van der Waals surface area contributed by atoms with Crippen molar-refractivity contribution in [2.75, 3.05) is 13.1 Å². The average molecular weight is 279 g/mol. The van der Waals surface area contributed by atoms with Gasteiger partial charge in [-0.3, -0.25) is 4.79 Å². The summed E-state index contributed by atoms with van der Waals surface area (Å²) in [6.07, 6.45) is 3.50. The number of amides is 1. The fourth-order valence-corrected chi connectivity index (χ4v) is 3.38. The summed E-state index contributed by atoms with van der Waals surface area (Å²) in [5.41, 5.74) is 0.891. The van der Waals surface area contributed by atoms with E-state index in [0.717, 1.165) is 36.4 Å². The van der Waals surface area contributed by atoms with Gasteiger partial charge in [0.2, 0.25) is 5.91 Å². The van der Waals surface area contributed by atoms with Crippen LogP contribution in [0.1, 0.15) is 31.7 Å². The number of aliphatic hydroxyl groups excluding tert-OH is 1. The Kier molecular flexibility index (Phi) is 5.28. The van der Waals surface area contributed by atoms with Crippen LogP contribution in [0.4, 0.5) is 0 Å². The minimum Gasteiger partial charge on any atom is -0.392 e. The highest BCUT2D eigenvalue weighted by molar-refractivity contribution is 8.00. The standard InChI is InChI=1S/C15H21NO2S/c1-12(15(18)16-8-3-2-4-9-16)19-14-7-5-6-13(10-14)11-17/h5-7,10,12,17H,2-4,8-9,11H2,1H3. The minimum absolute atomic E-state index is 0.0445. The minimum atomic E-state index is -0.0629. The van der Waals surface area contributed by atoms with E-state index in [4.69, 9.17) is 5.11 Å². The van der Waals surface area contributed by atoms with Crippen molar-refractivity contribution in [3.05, 3.63) is 29.8 Å². The van der Waals surface area contributed by atoms with Gasteiger partial charge in [0.25, 0.3) is 0 Å². The quantitative estimate of drug-likeness (QED) is 0.861. The Morgan fingerprint density at radius 3 is 2.79 bits per heavy atom. The molecule has 0 spiro atoms. The zero-order valence-electron chi connectivity index (χ0n) is 11.3. The van der Waals surface area contributed by atoms with Gasteiger partial charge in [-0.1, -0.05) is 12.1 Å². The number of likely N-dealkylation sites (tertiary alicyclic amines) is 1. The predicted molar refractivity (Wildman–Crippen MR) is 78.1 cm³/mol. The molecule has 1 saturated heterocycles. The molecule has 1 fully saturated rings. The number of aliphatic hydroxyl groups is 1. The molecule has 0 bridgehead atoms. The number of hydrogen-bond acceptors (Lipinski definition) is 3. The summed E-state index contributed by atoms with van der Waals surface area (Å²) in [7, 11) is 0. The van der Waals surface area contributed by atoms with Gasteiger partial charge in [0.15, 0.2) is 0 Å². The van der Waals surface area contributed by atoms with Crippen molar-refractivity contribution < 1.29 is 9.90 Å². The second kappa shape index (κ2) is 6.96. The monoisotopic (exact) mass is 279 g/mol. The largest absolute Gasteiger partial charge is 0.392 e. The van der Waals surface area contributed by atoms with Crippen LogP contribution in [0.5, 0.6) is 0 Å². The topological polar surface area (TPSA) is 40.5 Å². The lowest BCUT2D eigenvalue weighted by Gasteiger charge is -2.29. The summed E-state index contributed by atoms with van der Waals surface area (Å²) in [5.74, 6) is 0.235. The molecule has 4 heteroatoms. The SMILES string of the molecule is CC(Sc1cccc(CO)c1)C(=O)N1CCCCC1. The van der Waals surface area contributed by atoms with Gasteiger partial charge < -0.3 is 10.0 Å². The molecule has 0 radical (unpaired) electrons. The van der Waals surface area contributed by atoms with Crippen LogP contribution in [-0.2, 0) is 11.4 Å². The molecule has 1 aromatic carbocycles. The van der Waals surface area contributed by atoms with Gasteiger partial charge in [-0.05, 0) is 43.9 Å². The van der Waals surface area contributed by atoms with Crippen molar-refractivity contribution in [2.24, 2.45) is 0 Å². The molecular formula is C15H21NO2S. The fourth-order valence-electron chi connectivity index (χ4n) is 2.34. The normalized spacial score (nSPS) is 17.3. The second-order valence-corrected chi connectivity index (χ2v) is 6.37. The number of benzene rings is 1. The first-order chi connectivity index (χ1) is 9.20. The van der Waals surface area contributed by atoms with E-state index in [9.17, 15) is 4.79 Å². The van der Waals surface area contributed by atoms with Crippen molar-refractivity contribution in [1.29, 1.82) is 0 Å². The Morgan fingerprint density at radius 2 is 2.11 bits per heavy atom. The third-order valence-electron chi connectivity index (χ3n) is 3.41. The van der Waals surface area contributed by atoms with Crippen LogP contribution in [0, 0.1) is 0 Å². The number of thioether (sulfide) groups is 1. The Hall–Kier alpha value is -1.00. The van der Waals surface area contributed by atoms with E-state index in [1.54, 1.807) is 11.8 Å². The molecule has 1 aromatic rings. The number of nitrogens with zero attached hydrogens (tertiary/aromatic N) is 1. The van der Waals surface area contributed by atoms with Gasteiger partial charge in [-0.25, -0.2) is 0 Å². The van der Waals surface area contributed by atoms with E-state index >= 15 is 0 Å². The zero-order chi connectivity index (χ0) is 13.7. The fraction of sp³-hybridized carbons (Fsp3) is 0.533. The average Bonchev–Trinajstić information content (AvgIpc) is 2.47. The van der Waals surface area contributed by atoms with Gasteiger partial charge in [0.05, 0.1) is 11.9 Å². The number of hydrogen-bond donors (Lipinski definition) is 1. The first-order valence-corrected chi connectivity index (χ1v) is 7.74. The molecule has 1 aliphatic heterocycles. The van der Waals surface area contributed by atoms with E-state index in [2.05, 4.69) is 0 Å². The van der Waals surface area contributed by atoms with Gasteiger partial charge in [-0.2, -0.15) is 0 Å². The molecule has 104 valence electrons. The Balaban J connectivity index is 1.95. The number of carbonyl (C=O) groups is 1. The third-order valence-corrected chi connectivity index (χ3v) is 4.49. The van der Waals surface area contributed by atoms with Crippen molar-refractivity contribution in [1.82, 2.24) is 4.90 Å². The predicted octanol–water partition coefficient (Wildman–Crippen LogP) is 2.67. The molecule has 0 aliphatic carbocycles. The van der Waals surface area contributed by atoms with Gasteiger partial charge in [-0.15, -0.1) is 11.8 Å². The van der Waals surface area contributed by atoms with Crippen LogP contribution in [-0.4, -0.2) is 34.3 Å². The molecule has 1 amide bonds. The molecule has 2 rings (SSSR count). The molecule has 1 N–H and O–H groups in total. The molecule has 19 heavy (non-hydrogen) atoms. The van der Waals surface area contributed by atoms with Crippen molar-refractivity contribution in [2.45, 2.75) is 42.9 Å². The number of piperidine rings is 1. The zero-order valence-corrected chi connectivity index (χ0v) is 12.2. The van der Waals surface area contributed by atoms with Crippen LogP contribution in [0.15, 0.2) is 29.2 Å². The molecular weight excluding hydrogens is 258 g/mol. The smallest absolute Gasteiger partial charge is 0.235 e. The van der Waals surface area contributed by atoms with Crippen LogP contribution in [0.2, 0.25) is 0 Å². The highest BCUT2D eigenvalue weighted by atomic mass is 32.2. The van der Waals surface area contributed by atoms with E-state index in [-0.39, 0.29) is 17.8 Å². The van der Waals surface area contributed by atoms with Crippen LogP contribution in [0.3, 0.4) is 0 Å².